The predicted octanol–water partition coefficient (Wildman–Crippen LogP) is 3.04. The standard InChI is InChI=1S/C16H17NO2/c1-13(12-15-8-5-11-19-15)17-16(18)10-9-14-6-3-2-4-7-14/h2-11,13H,12H2,1H3,(H,17,18)/b10-9+. The Bertz CT molecular complexity index is 529. The maximum Gasteiger partial charge on any atom is 0.244 e. The van der Waals surface area contributed by atoms with E-state index in [1.54, 1.807) is 18.4 Å². The Balaban J connectivity index is 1.82. The Labute approximate surface area is 112 Å². The minimum absolute atomic E-state index is 0.0408. The van der Waals surface area contributed by atoms with Gasteiger partial charge in [-0.15, -0.1) is 0 Å². The van der Waals surface area contributed by atoms with Gasteiger partial charge in [0.05, 0.1) is 6.26 Å². The Morgan fingerprint density at radius 3 is 2.74 bits per heavy atom. The van der Waals surface area contributed by atoms with Crippen molar-refractivity contribution in [1.82, 2.24) is 5.32 Å². The third kappa shape index (κ3) is 4.47. The van der Waals surface area contributed by atoms with E-state index in [2.05, 4.69) is 5.32 Å². The van der Waals surface area contributed by atoms with Gasteiger partial charge in [0.25, 0.3) is 0 Å². The normalized spacial score (nSPS) is 12.5. The second-order valence-electron chi connectivity index (χ2n) is 4.44. The van der Waals surface area contributed by atoms with Crippen molar-refractivity contribution < 1.29 is 9.21 Å². The smallest absolute Gasteiger partial charge is 0.244 e. The molecule has 0 spiro atoms. The van der Waals surface area contributed by atoms with E-state index in [1.807, 2.05) is 49.4 Å². The van der Waals surface area contributed by atoms with Crippen LogP contribution in [0.3, 0.4) is 0 Å². The molecule has 0 bridgehead atoms. The van der Waals surface area contributed by atoms with Crippen LogP contribution >= 0.6 is 0 Å². The van der Waals surface area contributed by atoms with Gasteiger partial charge in [-0.2, -0.15) is 0 Å². The molecule has 2 rings (SSSR count). The number of carbonyl (C=O) groups excluding carboxylic acids is 1. The van der Waals surface area contributed by atoms with Crippen LogP contribution in [0.5, 0.6) is 0 Å². The van der Waals surface area contributed by atoms with E-state index in [-0.39, 0.29) is 11.9 Å². The average Bonchev–Trinajstić information content (AvgIpc) is 2.90. The van der Waals surface area contributed by atoms with Gasteiger partial charge in [-0.25, -0.2) is 0 Å². The molecule has 19 heavy (non-hydrogen) atoms. The summed E-state index contributed by atoms with van der Waals surface area (Å²) in [6.45, 7) is 1.96. The molecule has 0 aliphatic rings. The van der Waals surface area contributed by atoms with E-state index in [4.69, 9.17) is 4.42 Å². The molecular formula is C16H17NO2. The maximum absolute atomic E-state index is 11.7. The minimum Gasteiger partial charge on any atom is -0.469 e. The van der Waals surface area contributed by atoms with Crippen molar-refractivity contribution in [1.29, 1.82) is 0 Å². The zero-order chi connectivity index (χ0) is 13.5. The van der Waals surface area contributed by atoms with Gasteiger partial charge in [0, 0.05) is 18.5 Å². The van der Waals surface area contributed by atoms with E-state index in [0.29, 0.717) is 6.42 Å². The first-order valence-electron chi connectivity index (χ1n) is 6.30. The first-order valence-corrected chi connectivity index (χ1v) is 6.30. The van der Waals surface area contributed by atoms with Gasteiger partial charge in [0.1, 0.15) is 5.76 Å². The van der Waals surface area contributed by atoms with Gasteiger partial charge in [0.15, 0.2) is 0 Å². The quantitative estimate of drug-likeness (QED) is 0.834. The van der Waals surface area contributed by atoms with Crippen LogP contribution in [0.25, 0.3) is 6.08 Å². The van der Waals surface area contributed by atoms with Gasteiger partial charge < -0.3 is 9.73 Å². The summed E-state index contributed by atoms with van der Waals surface area (Å²) in [5.74, 6) is 0.780. The zero-order valence-electron chi connectivity index (χ0n) is 10.9. The molecule has 1 aromatic carbocycles. The van der Waals surface area contributed by atoms with Crippen LogP contribution < -0.4 is 5.32 Å². The molecule has 0 aliphatic heterocycles. The monoisotopic (exact) mass is 255 g/mol. The molecule has 1 amide bonds. The fraction of sp³-hybridized carbons (Fsp3) is 0.188. The Morgan fingerprint density at radius 2 is 2.05 bits per heavy atom. The number of rotatable bonds is 5. The van der Waals surface area contributed by atoms with Gasteiger partial charge in [-0.1, -0.05) is 30.3 Å². The summed E-state index contributed by atoms with van der Waals surface area (Å²) in [6.07, 6.45) is 5.68. The van der Waals surface area contributed by atoms with Crippen LogP contribution in [-0.2, 0) is 11.2 Å². The van der Waals surface area contributed by atoms with Crippen molar-refractivity contribution in [2.75, 3.05) is 0 Å². The average molecular weight is 255 g/mol. The van der Waals surface area contributed by atoms with Crippen molar-refractivity contribution in [3.63, 3.8) is 0 Å². The maximum atomic E-state index is 11.7. The summed E-state index contributed by atoms with van der Waals surface area (Å²) in [7, 11) is 0. The van der Waals surface area contributed by atoms with Gasteiger partial charge in [-0.3, -0.25) is 4.79 Å². The van der Waals surface area contributed by atoms with Crippen molar-refractivity contribution in [3.05, 3.63) is 66.1 Å². The Kier molecular flexibility index (Phi) is 4.56. The van der Waals surface area contributed by atoms with Gasteiger partial charge in [-0.05, 0) is 30.7 Å². The molecule has 1 N–H and O–H groups in total. The molecule has 1 heterocycles. The fourth-order valence-electron chi connectivity index (χ4n) is 1.81. The van der Waals surface area contributed by atoms with Crippen molar-refractivity contribution in [2.24, 2.45) is 0 Å². The third-order valence-corrected chi connectivity index (χ3v) is 2.70. The lowest BCUT2D eigenvalue weighted by Gasteiger charge is -2.10. The Morgan fingerprint density at radius 1 is 1.26 bits per heavy atom. The number of hydrogen-bond acceptors (Lipinski definition) is 2. The summed E-state index contributed by atoms with van der Waals surface area (Å²) in [6, 6.07) is 13.5. The van der Waals surface area contributed by atoms with Crippen molar-refractivity contribution in [3.8, 4) is 0 Å². The highest BCUT2D eigenvalue weighted by atomic mass is 16.3. The van der Waals surface area contributed by atoms with Crippen LogP contribution in [0, 0.1) is 0 Å². The summed E-state index contributed by atoms with van der Waals surface area (Å²) >= 11 is 0. The van der Waals surface area contributed by atoms with Crippen LogP contribution in [0.15, 0.2) is 59.2 Å². The number of nitrogens with one attached hydrogen (secondary N) is 1. The second-order valence-corrected chi connectivity index (χ2v) is 4.44. The van der Waals surface area contributed by atoms with E-state index in [9.17, 15) is 4.79 Å². The highest BCUT2D eigenvalue weighted by Gasteiger charge is 2.07. The van der Waals surface area contributed by atoms with Crippen LogP contribution in [0.2, 0.25) is 0 Å². The minimum atomic E-state index is -0.0945. The molecule has 0 saturated heterocycles. The third-order valence-electron chi connectivity index (χ3n) is 2.70. The fourth-order valence-corrected chi connectivity index (χ4v) is 1.81. The SMILES string of the molecule is CC(Cc1ccco1)NC(=O)/C=C/c1ccccc1. The lowest BCUT2D eigenvalue weighted by Crippen LogP contribution is -2.32. The highest BCUT2D eigenvalue weighted by molar-refractivity contribution is 5.91. The first-order chi connectivity index (χ1) is 9.24. The first kappa shape index (κ1) is 13.1. The van der Waals surface area contributed by atoms with Crippen LogP contribution in [0.4, 0.5) is 0 Å². The van der Waals surface area contributed by atoms with Crippen molar-refractivity contribution in [2.45, 2.75) is 19.4 Å². The molecule has 2 aromatic rings. The number of furan rings is 1. The lowest BCUT2D eigenvalue weighted by molar-refractivity contribution is -0.117. The number of carbonyl (C=O) groups is 1. The van der Waals surface area contributed by atoms with E-state index >= 15 is 0 Å². The predicted molar refractivity (Wildman–Crippen MR) is 75.5 cm³/mol. The van der Waals surface area contributed by atoms with Crippen molar-refractivity contribution >= 4 is 12.0 Å². The van der Waals surface area contributed by atoms with Gasteiger partial charge in [0.2, 0.25) is 5.91 Å². The topological polar surface area (TPSA) is 42.2 Å². The zero-order valence-corrected chi connectivity index (χ0v) is 10.9. The van der Waals surface area contributed by atoms with E-state index < -0.39 is 0 Å². The summed E-state index contributed by atoms with van der Waals surface area (Å²) in [5.41, 5.74) is 1.01. The largest absolute Gasteiger partial charge is 0.469 e. The Hall–Kier alpha value is -2.29. The molecule has 3 nitrogen and oxygen atoms in total. The molecule has 0 fully saturated rings. The molecule has 1 atom stereocenters. The second kappa shape index (κ2) is 6.59. The summed E-state index contributed by atoms with van der Waals surface area (Å²) in [4.78, 5) is 11.7. The molecule has 1 aromatic heterocycles. The number of hydrogen-bond donors (Lipinski definition) is 1. The molecule has 98 valence electrons. The number of benzene rings is 1. The molecule has 3 heteroatoms. The molecular weight excluding hydrogens is 238 g/mol. The van der Waals surface area contributed by atoms with E-state index in [0.717, 1.165) is 11.3 Å². The molecule has 0 radical (unpaired) electrons. The summed E-state index contributed by atoms with van der Waals surface area (Å²) < 4.78 is 5.25. The van der Waals surface area contributed by atoms with E-state index in [1.165, 1.54) is 0 Å². The van der Waals surface area contributed by atoms with Gasteiger partial charge >= 0.3 is 0 Å². The molecule has 1 unspecified atom stereocenters. The summed E-state index contributed by atoms with van der Waals surface area (Å²) in [5, 5.41) is 2.90. The molecule has 0 aliphatic carbocycles. The molecule has 0 saturated carbocycles. The number of amides is 1. The van der Waals surface area contributed by atoms with Crippen LogP contribution in [-0.4, -0.2) is 11.9 Å². The highest BCUT2D eigenvalue weighted by Crippen LogP contribution is 2.04. The van der Waals surface area contributed by atoms with Crippen LogP contribution in [0.1, 0.15) is 18.2 Å². The lowest BCUT2D eigenvalue weighted by atomic mass is 10.2.